The summed E-state index contributed by atoms with van der Waals surface area (Å²) in [6.07, 6.45) is 2.29. The number of nitrogens with one attached hydrogen (secondary N) is 2. The van der Waals surface area contributed by atoms with Crippen LogP contribution in [0.15, 0.2) is 24.3 Å². The van der Waals surface area contributed by atoms with Gasteiger partial charge in [-0.25, -0.2) is 0 Å². The number of aromatic nitrogens is 1. The summed E-state index contributed by atoms with van der Waals surface area (Å²) in [6, 6.07) is 9.14. The lowest BCUT2D eigenvalue weighted by atomic mass is 9.96. The smallest absolute Gasteiger partial charge is 0.0459 e. The summed E-state index contributed by atoms with van der Waals surface area (Å²) < 4.78 is 0. The summed E-state index contributed by atoms with van der Waals surface area (Å²) in [5.74, 6) is 0. The summed E-state index contributed by atoms with van der Waals surface area (Å²) in [7, 11) is 0. The molecular formula is C13H16N2. The first kappa shape index (κ1) is 8.98. The van der Waals surface area contributed by atoms with E-state index in [-0.39, 0.29) is 0 Å². The summed E-state index contributed by atoms with van der Waals surface area (Å²) in [4.78, 5) is 3.54. The molecule has 2 nitrogen and oxygen atoms in total. The average molecular weight is 200 g/mol. The Bertz CT molecular complexity index is 484. The van der Waals surface area contributed by atoms with Crippen molar-refractivity contribution in [2.45, 2.75) is 25.8 Å². The van der Waals surface area contributed by atoms with Gasteiger partial charge in [-0.3, -0.25) is 0 Å². The second-order valence-electron chi connectivity index (χ2n) is 4.23. The second-order valence-corrected chi connectivity index (χ2v) is 4.23. The molecule has 1 aromatic carbocycles. The number of fused-ring (bicyclic) bond motifs is 3. The Morgan fingerprint density at radius 1 is 1.33 bits per heavy atom. The van der Waals surface area contributed by atoms with Crippen LogP contribution >= 0.6 is 0 Å². The topological polar surface area (TPSA) is 27.8 Å². The fourth-order valence-electron chi connectivity index (χ4n) is 2.64. The zero-order valence-electron chi connectivity index (χ0n) is 9.01. The molecular weight excluding hydrogens is 184 g/mol. The molecule has 1 unspecified atom stereocenters. The third-order valence-electron chi connectivity index (χ3n) is 3.35. The molecule has 1 atom stereocenters. The van der Waals surface area contributed by atoms with E-state index >= 15 is 0 Å². The van der Waals surface area contributed by atoms with E-state index in [2.05, 4.69) is 41.5 Å². The van der Waals surface area contributed by atoms with Crippen LogP contribution in [0.4, 0.5) is 0 Å². The Morgan fingerprint density at radius 2 is 2.20 bits per heavy atom. The van der Waals surface area contributed by atoms with Gasteiger partial charge >= 0.3 is 0 Å². The van der Waals surface area contributed by atoms with Crippen LogP contribution in [-0.2, 0) is 6.42 Å². The number of rotatable bonds is 1. The lowest BCUT2D eigenvalue weighted by molar-refractivity contribution is 0.493. The standard InChI is InChI=1S/C13H16N2/c1-2-10-13-9-5-3-4-6-11(9)15-12(13)7-8-14-10/h3-6,10,14-15H,2,7-8H2,1H3. The van der Waals surface area contributed by atoms with Crippen LogP contribution in [0.1, 0.15) is 30.6 Å². The van der Waals surface area contributed by atoms with Gasteiger partial charge in [-0.15, -0.1) is 0 Å². The molecule has 0 saturated carbocycles. The van der Waals surface area contributed by atoms with Gasteiger partial charge in [0.2, 0.25) is 0 Å². The van der Waals surface area contributed by atoms with Gasteiger partial charge in [-0.05, 0) is 18.1 Å². The van der Waals surface area contributed by atoms with Crippen molar-refractivity contribution < 1.29 is 0 Å². The first-order valence-electron chi connectivity index (χ1n) is 5.73. The molecule has 0 fully saturated rings. The van der Waals surface area contributed by atoms with E-state index in [1.165, 1.54) is 22.2 Å². The molecule has 1 aliphatic rings. The van der Waals surface area contributed by atoms with Crippen LogP contribution in [-0.4, -0.2) is 11.5 Å². The van der Waals surface area contributed by atoms with Crippen LogP contribution < -0.4 is 5.32 Å². The Hall–Kier alpha value is -1.28. The van der Waals surface area contributed by atoms with Gasteiger partial charge in [0.15, 0.2) is 0 Å². The van der Waals surface area contributed by atoms with Crippen LogP contribution in [0.3, 0.4) is 0 Å². The average Bonchev–Trinajstić information content (AvgIpc) is 2.67. The molecule has 2 heterocycles. The summed E-state index contributed by atoms with van der Waals surface area (Å²) >= 11 is 0. The molecule has 2 heteroatoms. The number of para-hydroxylation sites is 1. The van der Waals surface area contributed by atoms with Crippen molar-refractivity contribution in [3.8, 4) is 0 Å². The van der Waals surface area contributed by atoms with Gasteiger partial charge in [-0.2, -0.15) is 0 Å². The van der Waals surface area contributed by atoms with E-state index in [1.807, 2.05) is 0 Å². The minimum Gasteiger partial charge on any atom is -0.358 e. The van der Waals surface area contributed by atoms with Crippen LogP contribution in [0.25, 0.3) is 10.9 Å². The highest BCUT2D eigenvalue weighted by Gasteiger charge is 2.22. The third-order valence-corrected chi connectivity index (χ3v) is 3.35. The molecule has 2 aromatic rings. The quantitative estimate of drug-likeness (QED) is 0.728. The van der Waals surface area contributed by atoms with E-state index in [0.717, 1.165) is 19.4 Å². The Labute approximate surface area is 89.7 Å². The number of hydrogen-bond donors (Lipinski definition) is 2. The molecule has 2 N–H and O–H groups in total. The van der Waals surface area contributed by atoms with E-state index in [9.17, 15) is 0 Å². The fraction of sp³-hybridized carbons (Fsp3) is 0.385. The van der Waals surface area contributed by atoms with Gasteiger partial charge in [0, 0.05) is 35.6 Å². The second kappa shape index (κ2) is 3.38. The number of hydrogen-bond acceptors (Lipinski definition) is 1. The van der Waals surface area contributed by atoms with Crippen LogP contribution in [0, 0.1) is 0 Å². The predicted molar refractivity (Wildman–Crippen MR) is 63.0 cm³/mol. The van der Waals surface area contributed by atoms with Gasteiger partial charge in [0.25, 0.3) is 0 Å². The number of H-pyrrole nitrogens is 1. The minimum absolute atomic E-state index is 0.532. The lowest BCUT2D eigenvalue weighted by Crippen LogP contribution is -2.28. The predicted octanol–water partition coefficient (Wildman–Crippen LogP) is 2.76. The zero-order chi connectivity index (χ0) is 10.3. The molecule has 0 aliphatic carbocycles. The third kappa shape index (κ3) is 1.29. The molecule has 3 rings (SSSR count). The highest BCUT2D eigenvalue weighted by molar-refractivity contribution is 5.85. The van der Waals surface area contributed by atoms with E-state index in [0.29, 0.717) is 6.04 Å². The van der Waals surface area contributed by atoms with Crippen molar-refractivity contribution in [1.29, 1.82) is 0 Å². The van der Waals surface area contributed by atoms with Gasteiger partial charge in [-0.1, -0.05) is 25.1 Å². The Balaban J connectivity index is 2.27. The molecule has 0 radical (unpaired) electrons. The SMILES string of the molecule is CCC1NCCc2[nH]c3ccccc3c21. The van der Waals surface area contributed by atoms with Crippen molar-refractivity contribution in [2.75, 3.05) is 6.54 Å². The maximum absolute atomic E-state index is 3.58. The lowest BCUT2D eigenvalue weighted by Gasteiger charge is -2.23. The summed E-state index contributed by atoms with van der Waals surface area (Å²) in [6.45, 7) is 3.34. The van der Waals surface area contributed by atoms with Crippen LogP contribution in [0.5, 0.6) is 0 Å². The first-order chi connectivity index (χ1) is 7.40. The van der Waals surface area contributed by atoms with Gasteiger partial charge < -0.3 is 10.3 Å². The van der Waals surface area contributed by atoms with Gasteiger partial charge in [0.1, 0.15) is 0 Å². The van der Waals surface area contributed by atoms with Crippen molar-refractivity contribution in [3.63, 3.8) is 0 Å². The first-order valence-corrected chi connectivity index (χ1v) is 5.73. The van der Waals surface area contributed by atoms with Crippen molar-refractivity contribution in [1.82, 2.24) is 10.3 Å². The molecule has 0 bridgehead atoms. The Kier molecular flexibility index (Phi) is 2.03. The maximum atomic E-state index is 3.58. The monoisotopic (exact) mass is 200 g/mol. The molecule has 0 spiro atoms. The van der Waals surface area contributed by atoms with E-state index in [1.54, 1.807) is 0 Å². The molecule has 0 amide bonds. The van der Waals surface area contributed by atoms with Crippen LogP contribution in [0.2, 0.25) is 0 Å². The van der Waals surface area contributed by atoms with Crippen molar-refractivity contribution >= 4 is 10.9 Å². The maximum Gasteiger partial charge on any atom is 0.0459 e. The highest BCUT2D eigenvalue weighted by Crippen LogP contribution is 2.32. The largest absolute Gasteiger partial charge is 0.358 e. The molecule has 0 saturated heterocycles. The molecule has 1 aromatic heterocycles. The minimum atomic E-state index is 0.532. The fourth-order valence-corrected chi connectivity index (χ4v) is 2.64. The summed E-state index contributed by atoms with van der Waals surface area (Å²) in [5.41, 5.74) is 4.21. The zero-order valence-corrected chi connectivity index (χ0v) is 9.01. The van der Waals surface area contributed by atoms with E-state index in [4.69, 9.17) is 0 Å². The van der Waals surface area contributed by atoms with Crippen molar-refractivity contribution in [3.05, 3.63) is 35.5 Å². The van der Waals surface area contributed by atoms with Crippen molar-refractivity contribution in [2.24, 2.45) is 0 Å². The normalized spacial score (nSPS) is 20.5. The Morgan fingerprint density at radius 3 is 3.07 bits per heavy atom. The number of aromatic amines is 1. The van der Waals surface area contributed by atoms with Gasteiger partial charge in [0.05, 0.1) is 0 Å². The number of benzene rings is 1. The molecule has 15 heavy (non-hydrogen) atoms. The highest BCUT2D eigenvalue weighted by atomic mass is 14.9. The molecule has 1 aliphatic heterocycles. The summed E-state index contributed by atoms with van der Waals surface area (Å²) in [5, 5.41) is 4.98. The molecule has 78 valence electrons. The van der Waals surface area contributed by atoms with E-state index < -0.39 is 0 Å².